The van der Waals surface area contributed by atoms with Crippen molar-refractivity contribution in [3.05, 3.63) is 66.6 Å². The molecule has 0 fully saturated rings. The first kappa shape index (κ1) is 9.78. The first-order chi connectivity index (χ1) is 7.38. The molecule has 1 heteroatoms. The second-order valence-corrected chi connectivity index (χ2v) is 3.28. The molecule has 0 spiro atoms. The minimum Gasteiger partial charge on any atom is -0.457 e. The zero-order chi connectivity index (χ0) is 10.5. The van der Waals surface area contributed by atoms with E-state index in [2.05, 4.69) is 12.5 Å². The van der Waals surface area contributed by atoms with Gasteiger partial charge in [0.15, 0.2) is 0 Å². The van der Waals surface area contributed by atoms with E-state index in [0.29, 0.717) is 0 Å². The van der Waals surface area contributed by atoms with Gasteiger partial charge < -0.3 is 4.74 Å². The van der Waals surface area contributed by atoms with Gasteiger partial charge in [-0.15, -0.1) is 0 Å². The molecule has 15 heavy (non-hydrogen) atoms. The van der Waals surface area contributed by atoms with Crippen LogP contribution < -0.4 is 4.74 Å². The van der Waals surface area contributed by atoms with Gasteiger partial charge in [-0.3, -0.25) is 0 Å². The molecule has 0 saturated carbocycles. The van der Waals surface area contributed by atoms with E-state index in [9.17, 15) is 0 Å². The molecule has 2 aromatic rings. The largest absolute Gasteiger partial charge is 0.457 e. The van der Waals surface area contributed by atoms with E-state index in [1.54, 1.807) is 0 Å². The van der Waals surface area contributed by atoms with Crippen molar-refractivity contribution < 1.29 is 4.74 Å². The predicted molar refractivity (Wildman–Crippen MR) is 62.0 cm³/mol. The van der Waals surface area contributed by atoms with Crippen molar-refractivity contribution in [2.45, 2.75) is 6.92 Å². The molecule has 1 nitrogen and oxygen atoms in total. The number of ether oxygens (including phenoxy) is 1. The minimum atomic E-state index is 0.866. The summed E-state index contributed by atoms with van der Waals surface area (Å²) in [5.74, 6) is 1.74. The van der Waals surface area contributed by atoms with Gasteiger partial charge in [0.25, 0.3) is 0 Å². The molecule has 0 aromatic heterocycles. The highest BCUT2D eigenvalue weighted by Crippen LogP contribution is 2.22. The summed E-state index contributed by atoms with van der Waals surface area (Å²) in [4.78, 5) is 0. The van der Waals surface area contributed by atoms with Crippen LogP contribution >= 0.6 is 0 Å². The molecule has 0 saturated heterocycles. The quantitative estimate of drug-likeness (QED) is 0.721. The number of benzene rings is 2. The lowest BCUT2D eigenvalue weighted by Gasteiger charge is -2.06. The Morgan fingerprint density at radius 1 is 0.867 bits per heavy atom. The molecule has 0 aliphatic carbocycles. The Balaban J connectivity index is 2.17. The van der Waals surface area contributed by atoms with Crippen LogP contribution in [0.1, 0.15) is 12.5 Å². The monoisotopic (exact) mass is 197 g/mol. The molecule has 0 unspecified atom stereocenters. The molecular formula is C14H13O. The van der Waals surface area contributed by atoms with Crippen molar-refractivity contribution in [2.75, 3.05) is 0 Å². The molecule has 2 aromatic carbocycles. The fourth-order valence-electron chi connectivity index (χ4n) is 1.38. The Morgan fingerprint density at radius 2 is 1.60 bits per heavy atom. The van der Waals surface area contributed by atoms with E-state index in [-0.39, 0.29) is 0 Å². The van der Waals surface area contributed by atoms with Crippen LogP contribution in [0.4, 0.5) is 0 Å². The van der Waals surface area contributed by atoms with E-state index in [1.165, 1.54) is 5.56 Å². The topological polar surface area (TPSA) is 9.23 Å². The zero-order valence-corrected chi connectivity index (χ0v) is 8.68. The van der Waals surface area contributed by atoms with Gasteiger partial charge in [0, 0.05) is 0 Å². The van der Waals surface area contributed by atoms with Crippen LogP contribution in [0.3, 0.4) is 0 Å². The third-order valence-corrected chi connectivity index (χ3v) is 2.17. The lowest BCUT2D eigenvalue weighted by Crippen LogP contribution is -1.84. The molecule has 0 atom stereocenters. The highest BCUT2D eigenvalue weighted by molar-refractivity contribution is 5.35. The Labute approximate surface area is 90.3 Å². The van der Waals surface area contributed by atoms with Crippen LogP contribution in [0.5, 0.6) is 11.5 Å². The van der Waals surface area contributed by atoms with E-state index < -0.39 is 0 Å². The van der Waals surface area contributed by atoms with Crippen molar-refractivity contribution in [1.82, 2.24) is 0 Å². The Bertz CT molecular complexity index is 420. The summed E-state index contributed by atoms with van der Waals surface area (Å²) in [5, 5.41) is 0. The van der Waals surface area contributed by atoms with Crippen LogP contribution in [-0.4, -0.2) is 0 Å². The molecule has 75 valence electrons. The summed E-state index contributed by atoms with van der Waals surface area (Å²) in [6.07, 6.45) is 2.05. The van der Waals surface area contributed by atoms with Crippen LogP contribution in [0.2, 0.25) is 0 Å². The summed E-state index contributed by atoms with van der Waals surface area (Å²) >= 11 is 0. The normalized spacial score (nSPS) is 9.93. The highest BCUT2D eigenvalue weighted by atomic mass is 16.5. The molecule has 1 radical (unpaired) electrons. The standard InChI is InChI=1S/C14H13O/c1-2-12-7-6-10-14(11-12)15-13-8-4-3-5-9-13/h2-11H,1H3. The molecule has 2 rings (SSSR count). The number of rotatable bonds is 3. The number of hydrogen-bond acceptors (Lipinski definition) is 1. The van der Waals surface area contributed by atoms with Crippen molar-refractivity contribution in [1.29, 1.82) is 0 Å². The van der Waals surface area contributed by atoms with Crippen LogP contribution in [0.25, 0.3) is 0 Å². The molecule has 0 heterocycles. The molecule has 0 amide bonds. The summed E-state index contributed by atoms with van der Waals surface area (Å²) in [6, 6.07) is 17.8. The summed E-state index contributed by atoms with van der Waals surface area (Å²) in [6.45, 7) is 2.02. The third kappa shape index (κ3) is 2.59. The van der Waals surface area contributed by atoms with Gasteiger partial charge in [-0.2, -0.15) is 0 Å². The lowest BCUT2D eigenvalue weighted by molar-refractivity contribution is 0.482. The van der Waals surface area contributed by atoms with Gasteiger partial charge in [0.05, 0.1) is 0 Å². The minimum absolute atomic E-state index is 0.866. The lowest BCUT2D eigenvalue weighted by atomic mass is 10.2. The third-order valence-electron chi connectivity index (χ3n) is 2.17. The van der Waals surface area contributed by atoms with Gasteiger partial charge >= 0.3 is 0 Å². The molecule has 0 N–H and O–H groups in total. The van der Waals surface area contributed by atoms with Gasteiger partial charge in [-0.1, -0.05) is 37.3 Å². The van der Waals surface area contributed by atoms with E-state index >= 15 is 0 Å². The summed E-state index contributed by atoms with van der Waals surface area (Å²) < 4.78 is 5.70. The number of para-hydroxylation sites is 1. The van der Waals surface area contributed by atoms with E-state index in [4.69, 9.17) is 4.74 Å². The van der Waals surface area contributed by atoms with Gasteiger partial charge in [-0.05, 0) is 36.2 Å². The highest BCUT2D eigenvalue weighted by Gasteiger charge is 1.96. The van der Waals surface area contributed by atoms with Gasteiger partial charge in [0.2, 0.25) is 0 Å². The van der Waals surface area contributed by atoms with Gasteiger partial charge in [0.1, 0.15) is 11.5 Å². The molecule has 0 aliphatic rings. The second-order valence-electron chi connectivity index (χ2n) is 3.28. The maximum absolute atomic E-state index is 5.70. The van der Waals surface area contributed by atoms with Crippen molar-refractivity contribution in [3.63, 3.8) is 0 Å². The average molecular weight is 197 g/mol. The smallest absolute Gasteiger partial charge is 0.127 e. The van der Waals surface area contributed by atoms with Gasteiger partial charge in [-0.25, -0.2) is 0 Å². The van der Waals surface area contributed by atoms with Crippen LogP contribution in [0.15, 0.2) is 54.6 Å². The maximum Gasteiger partial charge on any atom is 0.127 e. The Morgan fingerprint density at radius 3 is 2.33 bits per heavy atom. The SMILES string of the molecule is C[CH]c1cccc(Oc2ccccc2)c1. The Hall–Kier alpha value is -1.76. The summed E-state index contributed by atoms with van der Waals surface area (Å²) in [7, 11) is 0. The first-order valence-corrected chi connectivity index (χ1v) is 5.01. The molecule has 0 bridgehead atoms. The zero-order valence-electron chi connectivity index (χ0n) is 8.68. The number of hydrogen-bond donors (Lipinski definition) is 0. The van der Waals surface area contributed by atoms with Crippen molar-refractivity contribution in [2.24, 2.45) is 0 Å². The fourth-order valence-corrected chi connectivity index (χ4v) is 1.38. The fraction of sp³-hybridized carbons (Fsp3) is 0.0714. The van der Waals surface area contributed by atoms with Crippen molar-refractivity contribution >= 4 is 0 Å². The molecular weight excluding hydrogens is 184 g/mol. The van der Waals surface area contributed by atoms with Crippen LogP contribution in [-0.2, 0) is 0 Å². The maximum atomic E-state index is 5.70. The first-order valence-electron chi connectivity index (χ1n) is 5.01. The molecule has 0 aliphatic heterocycles. The van der Waals surface area contributed by atoms with Crippen molar-refractivity contribution in [3.8, 4) is 11.5 Å². The second kappa shape index (κ2) is 4.65. The van der Waals surface area contributed by atoms with Crippen LogP contribution in [0, 0.1) is 6.42 Å². The average Bonchev–Trinajstić information content (AvgIpc) is 2.31. The van der Waals surface area contributed by atoms with E-state index in [0.717, 1.165) is 11.5 Å². The summed E-state index contributed by atoms with van der Waals surface area (Å²) in [5.41, 5.74) is 1.17. The van der Waals surface area contributed by atoms with E-state index in [1.807, 2.05) is 55.5 Å². The Kier molecular flexibility index (Phi) is 3.03. The predicted octanol–water partition coefficient (Wildman–Crippen LogP) is 4.05.